The highest BCUT2D eigenvalue weighted by molar-refractivity contribution is 6.32. The Bertz CT molecular complexity index is 1570. The van der Waals surface area contributed by atoms with Crippen molar-refractivity contribution in [3.8, 4) is 17.6 Å². The second-order valence-corrected chi connectivity index (χ2v) is 10.3. The van der Waals surface area contributed by atoms with Gasteiger partial charge in [-0.25, -0.2) is 0 Å². The standard InChI is InChI=1S/C30H30Cl2N6O3/c1-4-40-28-14-25-23(13-26(28)37-29(39)6-5-11-38(2)3)30(19(15-33)16-35-25)36-21-9-10-27(24(32)12-21)41-18-22-8-7-20(31)17-34-22/h7-10,12-14,16-17H,4-6,11,18H2,1-3H3,(H,35,36)(H,37,39). The Hall–Kier alpha value is -4.10. The van der Waals surface area contributed by atoms with Gasteiger partial charge in [-0.05, 0) is 70.4 Å². The van der Waals surface area contributed by atoms with Crippen molar-refractivity contribution in [2.24, 2.45) is 0 Å². The molecule has 0 atom stereocenters. The van der Waals surface area contributed by atoms with E-state index in [1.165, 1.54) is 6.20 Å². The lowest BCUT2D eigenvalue weighted by Crippen LogP contribution is -2.17. The Balaban J connectivity index is 1.61. The first-order valence-corrected chi connectivity index (χ1v) is 13.8. The van der Waals surface area contributed by atoms with E-state index >= 15 is 0 Å². The maximum absolute atomic E-state index is 12.7. The third-order valence-corrected chi connectivity index (χ3v) is 6.56. The van der Waals surface area contributed by atoms with E-state index in [0.29, 0.717) is 73.8 Å². The molecule has 2 aromatic carbocycles. The largest absolute Gasteiger partial charge is 0.492 e. The number of aromatic nitrogens is 2. The van der Waals surface area contributed by atoms with E-state index < -0.39 is 0 Å². The van der Waals surface area contributed by atoms with E-state index in [1.54, 1.807) is 48.7 Å². The molecule has 0 saturated heterocycles. The molecule has 212 valence electrons. The quantitative estimate of drug-likeness (QED) is 0.184. The average molecular weight is 594 g/mol. The number of carbonyl (C=O) groups excluding carboxylic acids is 1. The first-order valence-electron chi connectivity index (χ1n) is 13.0. The molecule has 0 spiro atoms. The van der Waals surface area contributed by atoms with Gasteiger partial charge < -0.3 is 25.0 Å². The number of carbonyl (C=O) groups is 1. The molecule has 41 heavy (non-hydrogen) atoms. The van der Waals surface area contributed by atoms with Crippen LogP contribution < -0.4 is 20.1 Å². The van der Waals surface area contributed by atoms with E-state index in [0.717, 1.165) is 13.0 Å². The molecule has 9 nitrogen and oxygen atoms in total. The Labute approximate surface area is 249 Å². The average Bonchev–Trinajstić information content (AvgIpc) is 2.94. The molecule has 0 aliphatic carbocycles. The van der Waals surface area contributed by atoms with Crippen LogP contribution >= 0.6 is 23.2 Å². The highest BCUT2D eigenvalue weighted by Gasteiger charge is 2.16. The second kappa shape index (κ2) is 14.0. The predicted octanol–water partition coefficient (Wildman–Crippen LogP) is 6.81. The van der Waals surface area contributed by atoms with Crippen molar-refractivity contribution in [3.63, 3.8) is 0 Å². The number of nitriles is 1. The summed E-state index contributed by atoms with van der Waals surface area (Å²) in [7, 11) is 3.94. The SMILES string of the molecule is CCOc1cc2ncc(C#N)c(Nc3ccc(OCc4ccc(Cl)cn4)c(Cl)c3)c2cc1NC(=O)CCCN(C)C. The van der Waals surface area contributed by atoms with E-state index in [-0.39, 0.29) is 12.5 Å². The van der Waals surface area contributed by atoms with Crippen molar-refractivity contribution in [2.45, 2.75) is 26.4 Å². The molecule has 0 aliphatic heterocycles. The van der Waals surface area contributed by atoms with Crippen LogP contribution in [-0.2, 0) is 11.4 Å². The van der Waals surface area contributed by atoms with Crippen molar-refractivity contribution < 1.29 is 14.3 Å². The van der Waals surface area contributed by atoms with E-state index in [9.17, 15) is 10.1 Å². The first-order chi connectivity index (χ1) is 19.8. The van der Waals surface area contributed by atoms with Crippen LogP contribution in [0.4, 0.5) is 17.1 Å². The summed E-state index contributed by atoms with van der Waals surface area (Å²) < 4.78 is 11.6. The normalized spacial score (nSPS) is 10.9. The molecular formula is C30H30Cl2N6O3. The molecule has 11 heteroatoms. The number of fused-ring (bicyclic) bond motifs is 1. The number of rotatable bonds is 12. The van der Waals surface area contributed by atoms with Crippen LogP contribution in [0.5, 0.6) is 11.5 Å². The van der Waals surface area contributed by atoms with Gasteiger partial charge >= 0.3 is 0 Å². The molecule has 0 radical (unpaired) electrons. The van der Waals surface area contributed by atoms with Crippen molar-refractivity contribution in [2.75, 3.05) is 37.9 Å². The maximum Gasteiger partial charge on any atom is 0.224 e. The van der Waals surface area contributed by atoms with Gasteiger partial charge in [0, 0.05) is 36.0 Å². The number of pyridine rings is 2. The smallest absolute Gasteiger partial charge is 0.224 e. The van der Waals surface area contributed by atoms with Crippen LogP contribution in [0.2, 0.25) is 10.0 Å². The molecule has 0 saturated carbocycles. The Morgan fingerprint density at radius 2 is 1.88 bits per heavy atom. The third kappa shape index (κ3) is 7.98. The Morgan fingerprint density at radius 1 is 1.05 bits per heavy atom. The van der Waals surface area contributed by atoms with Gasteiger partial charge in [-0.2, -0.15) is 5.26 Å². The Kier molecular flexibility index (Phi) is 10.2. The molecule has 2 aromatic heterocycles. The molecular weight excluding hydrogens is 563 g/mol. The van der Waals surface area contributed by atoms with Crippen LogP contribution in [0.15, 0.2) is 54.9 Å². The summed E-state index contributed by atoms with van der Waals surface area (Å²) in [5.41, 5.74) is 3.31. The summed E-state index contributed by atoms with van der Waals surface area (Å²) in [5, 5.41) is 17.7. The van der Waals surface area contributed by atoms with Gasteiger partial charge in [-0.15, -0.1) is 0 Å². The van der Waals surface area contributed by atoms with Gasteiger partial charge in [0.25, 0.3) is 0 Å². The fourth-order valence-electron chi connectivity index (χ4n) is 4.06. The van der Waals surface area contributed by atoms with Crippen LogP contribution in [0, 0.1) is 11.3 Å². The number of amides is 1. The van der Waals surface area contributed by atoms with Gasteiger partial charge in [-0.1, -0.05) is 23.2 Å². The minimum Gasteiger partial charge on any atom is -0.492 e. The van der Waals surface area contributed by atoms with Crippen LogP contribution in [0.25, 0.3) is 10.9 Å². The molecule has 0 aliphatic rings. The lowest BCUT2D eigenvalue weighted by Gasteiger charge is -2.17. The summed E-state index contributed by atoms with van der Waals surface area (Å²) in [6.07, 6.45) is 4.14. The highest BCUT2D eigenvalue weighted by atomic mass is 35.5. The van der Waals surface area contributed by atoms with Gasteiger partial charge in [0.1, 0.15) is 24.2 Å². The molecule has 0 bridgehead atoms. The van der Waals surface area contributed by atoms with Gasteiger partial charge in [0.05, 0.1) is 44.8 Å². The summed E-state index contributed by atoms with van der Waals surface area (Å²) in [6.45, 7) is 3.31. The molecule has 4 aromatic rings. The summed E-state index contributed by atoms with van der Waals surface area (Å²) >= 11 is 12.4. The number of anilines is 3. The molecule has 4 rings (SSSR count). The lowest BCUT2D eigenvalue weighted by atomic mass is 10.1. The molecule has 1 amide bonds. The van der Waals surface area contributed by atoms with Crippen LogP contribution in [0.1, 0.15) is 31.0 Å². The minimum absolute atomic E-state index is 0.123. The zero-order chi connectivity index (χ0) is 29.4. The van der Waals surface area contributed by atoms with E-state index in [1.807, 2.05) is 25.9 Å². The number of hydrogen-bond donors (Lipinski definition) is 2. The fraction of sp³-hybridized carbons (Fsp3) is 0.267. The summed E-state index contributed by atoms with van der Waals surface area (Å²) in [4.78, 5) is 23.4. The minimum atomic E-state index is -0.123. The van der Waals surface area contributed by atoms with Gasteiger partial charge in [-0.3, -0.25) is 14.8 Å². The maximum atomic E-state index is 12.7. The second-order valence-electron chi connectivity index (χ2n) is 9.44. The summed E-state index contributed by atoms with van der Waals surface area (Å²) in [6, 6.07) is 14.5. The zero-order valence-corrected chi connectivity index (χ0v) is 24.5. The van der Waals surface area contributed by atoms with Crippen molar-refractivity contribution >= 4 is 57.1 Å². The lowest BCUT2D eigenvalue weighted by molar-refractivity contribution is -0.116. The number of halogens is 2. The van der Waals surface area contributed by atoms with E-state index in [2.05, 4.69) is 26.7 Å². The number of hydrogen-bond acceptors (Lipinski definition) is 8. The fourth-order valence-corrected chi connectivity index (χ4v) is 4.41. The van der Waals surface area contributed by atoms with Crippen molar-refractivity contribution in [1.29, 1.82) is 5.26 Å². The number of benzene rings is 2. The van der Waals surface area contributed by atoms with Gasteiger partial charge in [0.2, 0.25) is 5.91 Å². The zero-order valence-electron chi connectivity index (χ0n) is 23.0. The number of nitrogens with zero attached hydrogens (tertiary/aromatic N) is 4. The van der Waals surface area contributed by atoms with Gasteiger partial charge in [0.15, 0.2) is 0 Å². The topological polar surface area (TPSA) is 112 Å². The highest BCUT2D eigenvalue weighted by Crippen LogP contribution is 2.37. The first kappa shape index (κ1) is 29.9. The number of ether oxygens (including phenoxy) is 2. The molecule has 2 N–H and O–H groups in total. The Morgan fingerprint density at radius 3 is 2.56 bits per heavy atom. The molecule has 0 unspecified atom stereocenters. The monoisotopic (exact) mass is 592 g/mol. The van der Waals surface area contributed by atoms with E-state index in [4.69, 9.17) is 32.7 Å². The van der Waals surface area contributed by atoms with Crippen LogP contribution in [0.3, 0.4) is 0 Å². The number of nitrogens with one attached hydrogen (secondary N) is 2. The van der Waals surface area contributed by atoms with Crippen molar-refractivity contribution in [3.05, 3.63) is 76.2 Å². The third-order valence-electron chi connectivity index (χ3n) is 6.04. The predicted molar refractivity (Wildman–Crippen MR) is 162 cm³/mol. The summed E-state index contributed by atoms with van der Waals surface area (Å²) in [5.74, 6) is 0.862. The molecule has 0 fully saturated rings. The molecule has 2 heterocycles. The van der Waals surface area contributed by atoms with Crippen LogP contribution in [-0.4, -0.2) is 48.0 Å². The van der Waals surface area contributed by atoms with Crippen molar-refractivity contribution in [1.82, 2.24) is 14.9 Å².